The lowest BCUT2D eigenvalue weighted by atomic mass is 10.2. The van der Waals surface area contributed by atoms with Crippen LogP contribution in [0.1, 0.15) is 11.1 Å². The van der Waals surface area contributed by atoms with E-state index in [0.717, 1.165) is 10.0 Å². The number of carbonyl (C=O) groups excluding carboxylic acids is 1. The molecule has 1 heterocycles. The molecule has 6 nitrogen and oxygen atoms in total. The number of amides is 1. The summed E-state index contributed by atoms with van der Waals surface area (Å²) < 4.78 is 33.7. The molecular formula is C20H19BrN2O4S3. The Bertz CT molecular complexity index is 1120. The van der Waals surface area contributed by atoms with Crippen molar-refractivity contribution in [2.75, 3.05) is 20.2 Å². The summed E-state index contributed by atoms with van der Waals surface area (Å²) in [5.41, 5.74) is 1.68. The molecule has 1 amide bonds. The maximum Gasteiger partial charge on any atom is 0.263 e. The molecule has 10 heteroatoms. The zero-order valence-corrected chi connectivity index (χ0v) is 20.3. The third-order valence-electron chi connectivity index (χ3n) is 4.29. The van der Waals surface area contributed by atoms with E-state index in [1.54, 1.807) is 36.4 Å². The molecule has 1 fully saturated rings. The molecule has 1 N–H and O–H groups in total. The van der Waals surface area contributed by atoms with E-state index in [2.05, 4.69) is 21.2 Å². The van der Waals surface area contributed by atoms with Crippen LogP contribution in [0, 0.1) is 6.92 Å². The van der Waals surface area contributed by atoms with Gasteiger partial charge in [-0.15, -0.1) is 0 Å². The first-order chi connectivity index (χ1) is 14.2. The molecule has 3 rings (SSSR count). The molecule has 1 saturated heterocycles. The maximum absolute atomic E-state index is 12.7. The molecule has 2 aromatic carbocycles. The number of hydrogen-bond donors (Lipinski definition) is 1. The number of likely N-dealkylation sites (N-methyl/N-ethyl adjacent to an activating group) is 1. The van der Waals surface area contributed by atoms with Gasteiger partial charge < -0.3 is 10.1 Å². The number of rotatable bonds is 7. The Labute approximate surface area is 193 Å². The molecule has 1 aliphatic heterocycles. The standard InChI is InChI=1S/C20H19BrN2O4S3/c1-13-3-6-16(7-4-13)30(25,26)23(2)9-10-27-17-8-5-15(21)11-14(17)12-18-19(24)22-20(28)29-18/h3-8,11-12H,9-10H2,1-2H3,(H,22,24,28). The molecule has 2 aromatic rings. The minimum Gasteiger partial charge on any atom is -0.492 e. The van der Waals surface area contributed by atoms with Gasteiger partial charge in [-0.3, -0.25) is 4.79 Å². The van der Waals surface area contributed by atoms with Gasteiger partial charge in [0.1, 0.15) is 16.7 Å². The third kappa shape index (κ3) is 5.50. The average molecular weight is 527 g/mol. The second kappa shape index (κ2) is 9.61. The number of nitrogens with one attached hydrogen (secondary N) is 1. The molecule has 0 spiro atoms. The van der Waals surface area contributed by atoms with Crippen molar-refractivity contribution in [1.82, 2.24) is 9.62 Å². The van der Waals surface area contributed by atoms with Crippen LogP contribution in [0.25, 0.3) is 6.08 Å². The first kappa shape index (κ1) is 23.0. The van der Waals surface area contributed by atoms with Crippen molar-refractivity contribution in [3.05, 3.63) is 63.0 Å². The molecular weight excluding hydrogens is 508 g/mol. The summed E-state index contributed by atoms with van der Waals surface area (Å²) >= 11 is 9.62. The number of thioether (sulfide) groups is 1. The van der Waals surface area contributed by atoms with Gasteiger partial charge in [0.05, 0.1) is 9.80 Å². The van der Waals surface area contributed by atoms with E-state index in [4.69, 9.17) is 17.0 Å². The van der Waals surface area contributed by atoms with E-state index in [-0.39, 0.29) is 24.0 Å². The van der Waals surface area contributed by atoms with Crippen molar-refractivity contribution in [1.29, 1.82) is 0 Å². The van der Waals surface area contributed by atoms with Crippen LogP contribution < -0.4 is 10.1 Å². The SMILES string of the molecule is Cc1ccc(S(=O)(=O)N(C)CCOc2ccc(Br)cc2C=C2SC(=S)NC2=O)cc1. The van der Waals surface area contributed by atoms with Crippen LogP contribution in [0.5, 0.6) is 5.75 Å². The predicted molar refractivity (Wildman–Crippen MR) is 127 cm³/mol. The van der Waals surface area contributed by atoms with Crippen LogP contribution in [0.2, 0.25) is 0 Å². The zero-order valence-electron chi connectivity index (χ0n) is 16.2. The lowest BCUT2D eigenvalue weighted by Gasteiger charge is -2.18. The van der Waals surface area contributed by atoms with Crippen LogP contribution in [-0.4, -0.2) is 43.2 Å². The number of hydrogen-bond acceptors (Lipinski definition) is 6. The number of benzene rings is 2. The Kier molecular flexibility index (Phi) is 7.35. The lowest BCUT2D eigenvalue weighted by molar-refractivity contribution is -0.115. The summed E-state index contributed by atoms with van der Waals surface area (Å²) in [5.74, 6) is 0.290. The highest BCUT2D eigenvalue weighted by Crippen LogP contribution is 2.31. The van der Waals surface area contributed by atoms with Crippen LogP contribution in [-0.2, 0) is 14.8 Å². The molecule has 0 aliphatic carbocycles. The molecule has 158 valence electrons. The predicted octanol–water partition coefficient (Wildman–Crippen LogP) is 3.95. The average Bonchev–Trinajstić information content (AvgIpc) is 3.00. The zero-order chi connectivity index (χ0) is 21.9. The van der Waals surface area contributed by atoms with Crippen molar-refractivity contribution >= 4 is 66.2 Å². The van der Waals surface area contributed by atoms with Gasteiger partial charge in [0.15, 0.2) is 0 Å². The Morgan fingerprint density at radius 1 is 1.23 bits per heavy atom. The van der Waals surface area contributed by atoms with Gasteiger partial charge in [0.25, 0.3) is 5.91 Å². The summed E-state index contributed by atoms with van der Waals surface area (Å²) in [6.07, 6.45) is 1.70. The monoisotopic (exact) mass is 526 g/mol. The summed E-state index contributed by atoms with van der Waals surface area (Å²) in [6.45, 7) is 2.22. The van der Waals surface area contributed by atoms with E-state index in [1.165, 1.54) is 23.1 Å². The van der Waals surface area contributed by atoms with Gasteiger partial charge in [-0.2, -0.15) is 4.31 Å². The molecule has 30 heavy (non-hydrogen) atoms. The van der Waals surface area contributed by atoms with Crippen molar-refractivity contribution in [2.45, 2.75) is 11.8 Å². The second-order valence-corrected chi connectivity index (χ2v) is 11.2. The fraction of sp³-hybridized carbons (Fsp3) is 0.200. The Morgan fingerprint density at radius 2 is 1.93 bits per heavy atom. The van der Waals surface area contributed by atoms with E-state index in [0.29, 0.717) is 20.5 Å². The maximum atomic E-state index is 12.7. The first-order valence-corrected chi connectivity index (χ1v) is 12.3. The minimum absolute atomic E-state index is 0.150. The highest BCUT2D eigenvalue weighted by molar-refractivity contribution is 9.10. The highest BCUT2D eigenvalue weighted by Gasteiger charge is 2.23. The molecule has 0 radical (unpaired) electrons. The normalized spacial score (nSPS) is 15.7. The summed E-state index contributed by atoms with van der Waals surface area (Å²) in [5, 5.41) is 2.58. The molecule has 1 aliphatic rings. The minimum atomic E-state index is -3.60. The van der Waals surface area contributed by atoms with Crippen molar-refractivity contribution < 1.29 is 17.9 Å². The second-order valence-electron chi connectivity index (χ2n) is 6.52. The molecule has 0 bridgehead atoms. The van der Waals surface area contributed by atoms with Gasteiger partial charge in [0.2, 0.25) is 10.0 Å². The Hall–Kier alpha value is -1.72. The lowest BCUT2D eigenvalue weighted by Crippen LogP contribution is -2.31. The van der Waals surface area contributed by atoms with Crippen molar-refractivity contribution in [3.8, 4) is 5.75 Å². The molecule has 0 aromatic heterocycles. The number of ether oxygens (including phenoxy) is 1. The number of nitrogens with zero attached hydrogens (tertiary/aromatic N) is 1. The van der Waals surface area contributed by atoms with Crippen LogP contribution in [0.3, 0.4) is 0 Å². The molecule has 0 atom stereocenters. The Balaban J connectivity index is 1.70. The van der Waals surface area contributed by atoms with E-state index < -0.39 is 10.0 Å². The topological polar surface area (TPSA) is 75.7 Å². The first-order valence-electron chi connectivity index (χ1n) is 8.87. The quantitative estimate of drug-likeness (QED) is 0.434. The highest BCUT2D eigenvalue weighted by atomic mass is 79.9. The number of carbonyl (C=O) groups is 1. The number of halogens is 1. The van der Waals surface area contributed by atoms with Crippen molar-refractivity contribution in [3.63, 3.8) is 0 Å². The summed E-state index contributed by atoms with van der Waals surface area (Å²) in [4.78, 5) is 12.7. The van der Waals surface area contributed by atoms with Gasteiger partial charge in [-0.1, -0.05) is 57.6 Å². The van der Waals surface area contributed by atoms with Gasteiger partial charge in [0, 0.05) is 23.6 Å². The molecule has 0 unspecified atom stereocenters. The van der Waals surface area contributed by atoms with E-state index in [1.807, 2.05) is 19.1 Å². The number of thiocarbonyl (C=S) groups is 1. The van der Waals surface area contributed by atoms with Crippen molar-refractivity contribution in [2.24, 2.45) is 0 Å². The molecule has 0 saturated carbocycles. The fourth-order valence-electron chi connectivity index (χ4n) is 2.62. The van der Waals surface area contributed by atoms with Gasteiger partial charge >= 0.3 is 0 Å². The van der Waals surface area contributed by atoms with Gasteiger partial charge in [-0.05, 0) is 43.3 Å². The van der Waals surface area contributed by atoms with Crippen LogP contribution in [0.15, 0.2) is 56.7 Å². The smallest absolute Gasteiger partial charge is 0.263 e. The number of sulfonamides is 1. The van der Waals surface area contributed by atoms with Crippen LogP contribution >= 0.6 is 39.9 Å². The summed E-state index contributed by atoms with van der Waals surface area (Å²) in [7, 11) is -2.08. The Morgan fingerprint density at radius 3 is 2.57 bits per heavy atom. The summed E-state index contributed by atoms with van der Waals surface area (Å²) in [6, 6.07) is 12.1. The number of aryl methyl sites for hydroxylation is 1. The fourth-order valence-corrected chi connectivity index (χ4v) is 5.19. The van der Waals surface area contributed by atoms with Crippen LogP contribution in [0.4, 0.5) is 0 Å². The van der Waals surface area contributed by atoms with E-state index >= 15 is 0 Å². The largest absolute Gasteiger partial charge is 0.492 e. The van der Waals surface area contributed by atoms with Gasteiger partial charge in [-0.25, -0.2) is 8.42 Å². The third-order valence-corrected chi connectivity index (χ3v) is 7.82. The van der Waals surface area contributed by atoms with E-state index in [9.17, 15) is 13.2 Å².